The van der Waals surface area contributed by atoms with Crippen molar-refractivity contribution < 1.29 is 0 Å². The number of aryl methyl sites for hydroxylation is 3. The lowest BCUT2D eigenvalue weighted by Crippen LogP contribution is -2.31. The molecule has 1 aromatic rings. The van der Waals surface area contributed by atoms with E-state index in [-0.39, 0.29) is 0 Å². The molecule has 0 aliphatic heterocycles. The third-order valence-electron chi connectivity index (χ3n) is 4.19. The number of nitrogens with one attached hydrogen (secondary N) is 1. The Balaban J connectivity index is 2.12. The Morgan fingerprint density at radius 2 is 1.59 bits per heavy atom. The van der Waals surface area contributed by atoms with Gasteiger partial charge in [-0.2, -0.15) is 0 Å². The normalized spacial score (nSPS) is 19.1. The van der Waals surface area contributed by atoms with Crippen molar-refractivity contribution in [1.29, 1.82) is 0 Å². The summed E-state index contributed by atoms with van der Waals surface area (Å²) in [5, 5.41) is 3.75. The quantitative estimate of drug-likeness (QED) is 0.824. The molecule has 2 atom stereocenters. The molecule has 1 N–H and O–H groups in total. The molecule has 0 heterocycles. The molecule has 1 saturated carbocycles. The largest absolute Gasteiger partial charge is 0.307 e. The minimum absolute atomic E-state index is 0.463. The van der Waals surface area contributed by atoms with Crippen LogP contribution < -0.4 is 5.32 Å². The predicted octanol–water partition coefficient (Wildman–Crippen LogP) is 4.06. The van der Waals surface area contributed by atoms with Gasteiger partial charge >= 0.3 is 0 Å². The van der Waals surface area contributed by atoms with Crippen LogP contribution in [0.1, 0.15) is 55.0 Å². The van der Waals surface area contributed by atoms with Gasteiger partial charge in [0.2, 0.25) is 0 Å². The van der Waals surface area contributed by atoms with E-state index in [1.54, 1.807) is 0 Å². The molecule has 0 spiro atoms. The Morgan fingerprint density at radius 1 is 1.00 bits per heavy atom. The van der Waals surface area contributed by atoms with Crippen LogP contribution in [0.3, 0.4) is 0 Å². The zero-order valence-corrected chi connectivity index (χ0v) is 11.8. The number of hydrogen-bond donors (Lipinski definition) is 1. The summed E-state index contributed by atoms with van der Waals surface area (Å²) in [6, 6.07) is 5.78. The smallest absolute Gasteiger partial charge is 0.0297 e. The van der Waals surface area contributed by atoms with Crippen LogP contribution in [0.15, 0.2) is 12.1 Å². The number of hydrogen-bond acceptors (Lipinski definition) is 1. The second-order valence-electron chi connectivity index (χ2n) is 5.81. The van der Waals surface area contributed by atoms with Crippen molar-refractivity contribution in [2.45, 2.75) is 59.5 Å². The van der Waals surface area contributed by atoms with Crippen LogP contribution in [0.5, 0.6) is 0 Å². The molecule has 1 aliphatic rings. The van der Waals surface area contributed by atoms with Gasteiger partial charge < -0.3 is 5.32 Å². The molecule has 0 radical (unpaired) electrons. The van der Waals surface area contributed by atoms with E-state index in [1.165, 1.54) is 35.1 Å². The highest BCUT2D eigenvalue weighted by atomic mass is 15.0. The minimum Gasteiger partial charge on any atom is -0.307 e. The van der Waals surface area contributed by atoms with Crippen LogP contribution in [0.25, 0.3) is 0 Å². The predicted molar refractivity (Wildman–Crippen MR) is 74.4 cm³/mol. The zero-order valence-electron chi connectivity index (χ0n) is 11.8. The highest BCUT2D eigenvalue weighted by molar-refractivity contribution is 5.38. The van der Waals surface area contributed by atoms with Crippen molar-refractivity contribution in [3.8, 4) is 0 Å². The second kappa shape index (κ2) is 4.81. The van der Waals surface area contributed by atoms with Crippen molar-refractivity contribution >= 4 is 0 Å². The Labute approximate surface area is 106 Å². The molecule has 0 bridgehead atoms. The van der Waals surface area contributed by atoms with Crippen LogP contribution in [0, 0.1) is 26.7 Å². The third kappa shape index (κ3) is 2.90. The van der Waals surface area contributed by atoms with Gasteiger partial charge in [-0.1, -0.05) is 12.1 Å². The van der Waals surface area contributed by atoms with E-state index in [0.29, 0.717) is 12.1 Å². The number of rotatable bonds is 4. The first-order valence-corrected chi connectivity index (χ1v) is 6.83. The second-order valence-corrected chi connectivity index (χ2v) is 5.81. The van der Waals surface area contributed by atoms with Gasteiger partial charge in [0.25, 0.3) is 0 Å². The van der Waals surface area contributed by atoms with Crippen LogP contribution in [0.4, 0.5) is 0 Å². The summed E-state index contributed by atoms with van der Waals surface area (Å²) < 4.78 is 0. The molecular weight excluding hydrogens is 206 g/mol. The standard InChI is InChI=1S/C16H25N/c1-10-8-12(3)16(9-11(10)2)14(5)17-13(4)15-6-7-15/h8-9,13-15,17H,6-7H2,1-5H3. The molecule has 0 amide bonds. The SMILES string of the molecule is Cc1cc(C)c(C(C)NC(C)C2CC2)cc1C. The Bertz CT molecular complexity index is 404. The van der Waals surface area contributed by atoms with Crippen LogP contribution in [-0.2, 0) is 0 Å². The summed E-state index contributed by atoms with van der Waals surface area (Å²) in [5.74, 6) is 0.921. The van der Waals surface area contributed by atoms with E-state index in [9.17, 15) is 0 Å². The zero-order chi connectivity index (χ0) is 12.6. The van der Waals surface area contributed by atoms with Gasteiger partial charge in [0.05, 0.1) is 0 Å². The highest BCUT2D eigenvalue weighted by Crippen LogP contribution is 2.33. The molecule has 94 valence electrons. The summed E-state index contributed by atoms with van der Waals surface area (Å²) in [7, 11) is 0. The lowest BCUT2D eigenvalue weighted by Gasteiger charge is -2.22. The summed E-state index contributed by atoms with van der Waals surface area (Å²) in [6.07, 6.45) is 2.82. The van der Waals surface area contributed by atoms with Crippen LogP contribution >= 0.6 is 0 Å². The summed E-state index contributed by atoms with van der Waals surface area (Å²) in [4.78, 5) is 0. The van der Waals surface area contributed by atoms with Crippen molar-refractivity contribution in [2.75, 3.05) is 0 Å². The van der Waals surface area contributed by atoms with Gasteiger partial charge in [-0.25, -0.2) is 0 Å². The van der Waals surface area contributed by atoms with E-state index in [2.05, 4.69) is 52.1 Å². The van der Waals surface area contributed by atoms with Gasteiger partial charge in [0, 0.05) is 12.1 Å². The van der Waals surface area contributed by atoms with E-state index in [1.807, 2.05) is 0 Å². The Kier molecular flexibility index (Phi) is 3.58. The lowest BCUT2D eigenvalue weighted by atomic mass is 9.96. The first-order chi connectivity index (χ1) is 7.99. The summed E-state index contributed by atoms with van der Waals surface area (Å²) >= 11 is 0. The molecule has 1 aromatic carbocycles. The van der Waals surface area contributed by atoms with Crippen molar-refractivity contribution in [1.82, 2.24) is 5.32 Å². The molecule has 1 heteroatoms. The highest BCUT2D eigenvalue weighted by Gasteiger charge is 2.28. The fourth-order valence-corrected chi connectivity index (χ4v) is 2.67. The lowest BCUT2D eigenvalue weighted by molar-refractivity contribution is 0.440. The first kappa shape index (κ1) is 12.6. The Hall–Kier alpha value is -0.820. The molecule has 17 heavy (non-hydrogen) atoms. The van der Waals surface area contributed by atoms with Gasteiger partial charge in [-0.3, -0.25) is 0 Å². The molecule has 1 aliphatic carbocycles. The van der Waals surface area contributed by atoms with Crippen molar-refractivity contribution in [3.63, 3.8) is 0 Å². The fraction of sp³-hybridized carbons (Fsp3) is 0.625. The van der Waals surface area contributed by atoms with Gasteiger partial charge in [-0.15, -0.1) is 0 Å². The van der Waals surface area contributed by atoms with Gasteiger partial charge in [0.15, 0.2) is 0 Å². The maximum absolute atomic E-state index is 3.75. The summed E-state index contributed by atoms with van der Waals surface area (Å²) in [6.45, 7) is 11.2. The van der Waals surface area contributed by atoms with E-state index in [4.69, 9.17) is 0 Å². The average molecular weight is 231 g/mol. The topological polar surface area (TPSA) is 12.0 Å². The van der Waals surface area contributed by atoms with Gasteiger partial charge in [-0.05, 0) is 75.6 Å². The number of benzene rings is 1. The molecule has 2 rings (SSSR count). The van der Waals surface area contributed by atoms with E-state index in [0.717, 1.165) is 5.92 Å². The van der Waals surface area contributed by atoms with Crippen LogP contribution in [-0.4, -0.2) is 6.04 Å². The molecule has 1 nitrogen and oxygen atoms in total. The minimum atomic E-state index is 0.463. The maximum atomic E-state index is 3.75. The fourth-order valence-electron chi connectivity index (χ4n) is 2.67. The summed E-state index contributed by atoms with van der Waals surface area (Å²) in [5.41, 5.74) is 5.67. The third-order valence-corrected chi connectivity index (χ3v) is 4.19. The van der Waals surface area contributed by atoms with Crippen molar-refractivity contribution in [3.05, 3.63) is 34.4 Å². The Morgan fingerprint density at radius 3 is 2.18 bits per heavy atom. The molecule has 1 fully saturated rings. The molecule has 0 aromatic heterocycles. The average Bonchev–Trinajstić information content (AvgIpc) is 3.06. The maximum Gasteiger partial charge on any atom is 0.0297 e. The van der Waals surface area contributed by atoms with Crippen LogP contribution in [0.2, 0.25) is 0 Å². The van der Waals surface area contributed by atoms with Crippen molar-refractivity contribution in [2.24, 2.45) is 5.92 Å². The molecular formula is C16H25N. The monoisotopic (exact) mass is 231 g/mol. The molecule has 2 unspecified atom stereocenters. The van der Waals surface area contributed by atoms with E-state index < -0.39 is 0 Å². The molecule has 0 saturated heterocycles. The van der Waals surface area contributed by atoms with Gasteiger partial charge in [0.1, 0.15) is 0 Å². The van der Waals surface area contributed by atoms with E-state index >= 15 is 0 Å². The first-order valence-electron chi connectivity index (χ1n) is 6.83.